The van der Waals surface area contributed by atoms with Gasteiger partial charge in [-0.3, -0.25) is 0 Å². The minimum Gasteiger partial charge on any atom is -0.212 e. The first kappa shape index (κ1) is 15.3. The highest BCUT2D eigenvalue weighted by Gasteiger charge is 2.30. The zero-order chi connectivity index (χ0) is 13.1. The van der Waals surface area contributed by atoms with Crippen molar-refractivity contribution in [2.24, 2.45) is 11.3 Å². The van der Waals surface area contributed by atoms with E-state index in [-0.39, 0.29) is 23.1 Å². The predicted molar refractivity (Wildman–Crippen MR) is 72.8 cm³/mol. The van der Waals surface area contributed by atoms with E-state index in [2.05, 4.69) is 18.6 Å². The van der Waals surface area contributed by atoms with Gasteiger partial charge in [0.1, 0.15) is 0 Å². The molecule has 0 radical (unpaired) electrons. The van der Waals surface area contributed by atoms with Gasteiger partial charge in [-0.2, -0.15) is 0 Å². The number of alkyl halides is 1. The monoisotopic (exact) mass is 281 g/mol. The van der Waals surface area contributed by atoms with Crippen molar-refractivity contribution < 1.29 is 8.42 Å². The van der Waals surface area contributed by atoms with Gasteiger partial charge in [0.05, 0.1) is 5.75 Å². The Morgan fingerprint density at radius 2 is 2.12 bits per heavy atom. The first-order chi connectivity index (χ1) is 7.74. The molecule has 0 saturated heterocycles. The van der Waals surface area contributed by atoms with Crippen LogP contribution >= 0.6 is 11.6 Å². The van der Waals surface area contributed by atoms with Crippen LogP contribution in [0.2, 0.25) is 0 Å². The molecule has 0 bridgehead atoms. The lowest BCUT2D eigenvalue weighted by Gasteiger charge is -2.35. The van der Waals surface area contributed by atoms with Gasteiger partial charge in [0.15, 0.2) is 0 Å². The molecule has 1 aliphatic carbocycles. The summed E-state index contributed by atoms with van der Waals surface area (Å²) in [5, 5.41) is 0. The molecule has 0 aromatic carbocycles. The number of sulfonamides is 1. The van der Waals surface area contributed by atoms with E-state index in [9.17, 15) is 8.42 Å². The molecule has 5 heteroatoms. The van der Waals surface area contributed by atoms with Crippen molar-refractivity contribution in [2.45, 2.75) is 52.5 Å². The molecule has 0 aliphatic heterocycles. The fraction of sp³-hybridized carbons (Fsp3) is 1.00. The molecule has 1 fully saturated rings. The van der Waals surface area contributed by atoms with E-state index >= 15 is 0 Å². The topological polar surface area (TPSA) is 46.2 Å². The summed E-state index contributed by atoms with van der Waals surface area (Å²) in [7, 11) is -3.18. The van der Waals surface area contributed by atoms with Crippen LogP contribution in [0.4, 0.5) is 0 Å². The second-order valence-corrected chi connectivity index (χ2v) is 8.22. The van der Waals surface area contributed by atoms with Crippen molar-refractivity contribution in [2.75, 3.05) is 11.6 Å². The highest BCUT2D eigenvalue weighted by Crippen LogP contribution is 2.35. The number of halogens is 1. The van der Waals surface area contributed by atoms with E-state index in [4.69, 9.17) is 11.6 Å². The van der Waals surface area contributed by atoms with E-state index < -0.39 is 10.0 Å². The second-order valence-electron chi connectivity index (χ2n) is 6.12. The highest BCUT2D eigenvalue weighted by atomic mass is 35.5. The Labute approximate surface area is 110 Å². The zero-order valence-corrected chi connectivity index (χ0v) is 12.6. The summed E-state index contributed by atoms with van der Waals surface area (Å²) in [5.74, 6) is 0.524. The van der Waals surface area contributed by atoms with Gasteiger partial charge in [-0.05, 0) is 30.6 Å². The fourth-order valence-corrected chi connectivity index (χ4v) is 4.43. The molecule has 1 aliphatic rings. The van der Waals surface area contributed by atoms with E-state index in [0.717, 1.165) is 19.3 Å². The molecule has 0 spiro atoms. The van der Waals surface area contributed by atoms with E-state index in [1.807, 2.05) is 6.92 Å². The first-order valence-electron chi connectivity index (χ1n) is 6.30. The minimum atomic E-state index is -3.18. The Kier molecular flexibility index (Phi) is 5.29. The lowest BCUT2D eigenvalue weighted by atomic mass is 9.75. The van der Waals surface area contributed by atoms with Crippen molar-refractivity contribution in [3.63, 3.8) is 0 Å². The number of hydrogen-bond acceptors (Lipinski definition) is 2. The normalized spacial score (nSPS) is 26.7. The fourth-order valence-electron chi connectivity index (χ4n) is 2.52. The second kappa shape index (κ2) is 5.89. The highest BCUT2D eigenvalue weighted by molar-refractivity contribution is 7.89. The van der Waals surface area contributed by atoms with Crippen LogP contribution in [0.3, 0.4) is 0 Å². The maximum Gasteiger partial charge on any atom is 0.212 e. The average Bonchev–Trinajstić information content (AvgIpc) is 2.14. The van der Waals surface area contributed by atoms with Gasteiger partial charge in [0.2, 0.25) is 10.0 Å². The van der Waals surface area contributed by atoms with E-state index in [1.165, 1.54) is 6.42 Å². The molecule has 1 rings (SSSR count). The summed E-state index contributed by atoms with van der Waals surface area (Å²) in [6.07, 6.45) is 4.17. The molecule has 2 unspecified atom stereocenters. The Bertz CT molecular complexity index is 340. The molecule has 2 atom stereocenters. The summed E-state index contributed by atoms with van der Waals surface area (Å²) in [6, 6.07) is 0.103. The average molecular weight is 282 g/mol. The Morgan fingerprint density at radius 3 is 2.65 bits per heavy atom. The maximum atomic E-state index is 11.9. The number of hydrogen-bond donors (Lipinski definition) is 1. The van der Waals surface area contributed by atoms with Crippen LogP contribution in [0.25, 0.3) is 0 Å². The SMILES string of the molecule is CC(CCl)CS(=O)(=O)NC1CCCC(C)(C)C1. The molecule has 0 aromatic rings. The summed E-state index contributed by atoms with van der Waals surface area (Å²) < 4.78 is 26.6. The molecule has 0 heterocycles. The van der Waals surface area contributed by atoms with Gasteiger partial charge >= 0.3 is 0 Å². The van der Waals surface area contributed by atoms with E-state index in [0.29, 0.717) is 5.88 Å². The van der Waals surface area contributed by atoms with Crippen LogP contribution in [-0.2, 0) is 10.0 Å². The summed E-state index contributed by atoms with van der Waals surface area (Å²) in [5.41, 5.74) is 0.254. The molecular formula is C12H24ClNO2S. The van der Waals surface area contributed by atoms with Crippen molar-refractivity contribution in [1.29, 1.82) is 0 Å². The van der Waals surface area contributed by atoms with Crippen LogP contribution < -0.4 is 4.72 Å². The molecule has 1 saturated carbocycles. The molecule has 102 valence electrons. The van der Waals surface area contributed by atoms with Gasteiger partial charge in [0, 0.05) is 11.9 Å². The molecule has 3 nitrogen and oxygen atoms in total. The van der Waals surface area contributed by atoms with Crippen LogP contribution in [0, 0.1) is 11.3 Å². The summed E-state index contributed by atoms with van der Waals surface area (Å²) in [4.78, 5) is 0. The summed E-state index contributed by atoms with van der Waals surface area (Å²) in [6.45, 7) is 6.26. The first-order valence-corrected chi connectivity index (χ1v) is 8.49. The molecule has 0 amide bonds. The summed E-state index contributed by atoms with van der Waals surface area (Å²) >= 11 is 5.65. The van der Waals surface area contributed by atoms with Gasteiger partial charge < -0.3 is 0 Å². The van der Waals surface area contributed by atoms with Crippen LogP contribution in [-0.4, -0.2) is 26.1 Å². The van der Waals surface area contributed by atoms with Gasteiger partial charge in [-0.15, -0.1) is 11.6 Å². The van der Waals surface area contributed by atoms with Crippen molar-refractivity contribution in [3.8, 4) is 0 Å². The van der Waals surface area contributed by atoms with Crippen LogP contribution in [0.15, 0.2) is 0 Å². The lowest BCUT2D eigenvalue weighted by molar-refractivity contribution is 0.212. The Hall–Kier alpha value is 0.200. The molecule has 17 heavy (non-hydrogen) atoms. The van der Waals surface area contributed by atoms with Crippen molar-refractivity contribution in [3.05, 3.63) is 0 Å². The number of rotatable bonds is 5. The Balaban J connectivity index is 2.53. The van der Waals surface area contributed by atoms with Crippen molar-refractivity contribution >= 4 is 21.6 Å². The van der Waals surface area contributed by atoms with Gasteiger partial charge in [0.25, 0.3) is 0 Å². The van der Waals surface area contributed by atoms with E-state index in [1.54, 1.807) is 0 Å². The maximum absolute atomic E-state index is 11.9. The lowest BCUT2D eigenvalue weighted by Crippen LogP contribution is -2.42. The predicted octanol–water partition coefficient (Wildman–Crippen LogP) is 2.75. The quantitative estimate of drug-likeness (QED) is 0.788. The molecule has 1 N–H and O–H groups in total. The molecule has 0 aromatic heterocycles. The molecular weight excluding hydrogens is 258 g/mol. The van der Waals surface area contributed by atoms with Crippen LogP contribution in [0.1, 0.15) is 46.5 Å². The third-order valence-electron chi connectivity index (χ3n) is 3.32. The smallest absolute Gasteiger partial charge is 0.212 e. The van der Waals surface area contributed by atoms with Crippen LogP contribution in [0.5, 0.6) is 0 Å². The standard InChI is InChI=1S/C12H24ClNO2S/c1-10(8-13)9-17(15,16)14-11-5-4-6-12(2,3)7-11/h10-11,14H,4-9H2,1-3H3. The number of nitrogens with one attached hydrogen (secondary N) is 1. The Morgan fingerprint density at radius 1 is 1.47 bits per heavy atom. The zero-order valence-electron chi connectivity index (χ0n) is 11.0. The van der Waals surface area contributed by atoms with Gasteiger partial charge in [-0.1, -0.05) is 27.2 Å². The van der Waals surface area contributed by atoms with Gasteiger partial charge in [-0.25, -0.2) is 13.1 Å². The third kappa shape index (κ3) is 5.58. The minimum absolute atomic E-state index is 0.00534. The largest absolute Gasteiger partial charge is 0.212 e. The van der Waals surface area contributed by atoms with Crippen molar-refractivity contribution in [1.82, 2.24) is 4.72 Å². The third-order valence-corrected chi connectivity index (χ3v) is 5.55.